The van der Waals surface area contributed by atoms with E-state index in [1.165, 1.54) is 47.7 Å². The molecule has 0 aliphatic heterocycles. The Bertz CT molecular complexity index is 1280. The van der Waals surface area contributed by atoms with Gasteiger partial charge in [0.2, 0.25) is 0 Å². The van der Waals surface area contributed by atoms with Crippen molar-refractivity contribution < 1.29 is 19.4 Å². The zero-order valence-electron chi connectivity index (χ0n) is 16.9. The summed E-state index contributed by atoms with van der Waals surface area (Å²) >= 11 is 5.17. The molecular weight excluding hydrogens is 692 g/mol. The van der Waals surface area contributed by atoms with E-state index in [4.69, 9.17) is 6.42 Å². The number of non-ortho nitro benzene ring substituents is 2. The topological polar surface area (TPSA) is 157 Å². The lowest BCUT2D eigenvalue weighted by atomic mass is 10.2. The number of anilines is 1. The maximum absolute atomic E-state index is 11.9. The van der Waals surface area contributed by atoms with E-state index in [1.807, 2.05) is 45.2 Å². The molecule has 0 aliphatic carbocycles. The molecule has 2 aromatic carbocycles. The number of amides is 2. The molecule has 0 fully saturated rings. The highest BCUT2D eigenvalue weighted by Gasteiger charge is 2.16. The number of terminal acetylenes is 1. The van der Waals surface area contributed by atoms with Gasteiger partial charge >= 0.3 is 0 Å². The van der Waals surface area contributed by atoms with Crippen molar-refractivity contribution in [2.75, 3.05) is 11.9 Å². The number of nitro benzene ring substituents is 2. The van der Waals surface area contributed by atoms with E-state index >= 15 is 0 Å². The average molecular weight is 705 g/mol. The molecule has 11 nitrogen and oxygen atoms in total. The van der Waals surface area contributed by atoms with Gasteiger partial charge in [-0.25, -0.2) is 4.98 Å². The van der Waals surface area contributed by atoms with Crippen molar-refractivity contribution in [2.45, 2.75) is 0 Å². The van der Waals surface area contributed by atoms with Crippen LogP contribution in [0.15, 0.2) is 48.0 Å². The third-order valence-electron chi connectivity index (χ3n) is 3.81. The number of nitro groups is 2. The number of nitrogens with one attached hydrogen (secondary N) is 2. The molecule has 2 N–H and O–H groups in total. The van der Waals surface area contributed by atoms with Crippen molar-refractivity contribution in [1.82, 2.24) is 10.3 Å². The summed E-state index contributed by atoms with van der Waals surface area (Å²) in [5.74, 6) is 1.44. The first kappa shape index (κ1) is 27.1. The fraction of sp³-hybridized carbons (Fsp3) is 0.0500. The largest absolute Gasteiger partial charge is 0.341 e. The van der Waals surface area contributed by atoms with E-state index in [0.29, 0.717) is 12.3 Å². The van der Waals surface area contributed by atoms with Crippen LogP contribution in [0.2, 0.25) is 0 Å². The molecule has 3 aromatic rings. The van der Waals surface area contributed by atoms with E-state index < -0.39 is 21.7 Å². The zero-order valence-corrected chi connectivity index (χ0v) is 22.0. The molecule has 14 heteroatoms. The normalized spacial score (nSPS) is 9.68. The molecule has 1 heterocycles. The maximum Gasteiger partial charge on any atom is 0.270 e. The van der Waals surface area contributed by atoms with Crippen LogP contribution in [0, 0.1) is 39.7 Å². The van der Waals surface area contributed by atoms with Crippen molar-refractivity contribution in [3.05, 3.63) is 86.5 Å². The molecule has 0 saturated carbocycles. The number of carbonyl (C=O) groups is 2. The lowest BCUT2D eigenvalue weighted by Gasteiger charge is -2.04. The summed E-state index contributed by atoms with van der Waals surface area (Å²) in [7, 11) is 0. The van der Waals surface area contributed by atoms with Gasteiger partial charge in [-0.05, 0) is 57.3 Å². The van der Waals surface area contributed by atoms with Crippen LogP contribution >= 0.6 is 56.5 Å². The van der Waals surface area contributed by atoms with Gasteiger partial charge in [-0.2, -0.15) is 0 Å². The Morgan fingerprint density at radius 3 is 1.97 bits per heavy atom. The van der Waals surface area contributed by atoms with Crippen LogP contribution in [0.1, 0.15) is 20.7 Å². The predicted molar refractivity (Wildman–Crippen MR) is 143 cm³/mol. The van der Waals surface area contributed by atoms with Crippen molar-refractivity contribution in [3.63, 3.8) is 0 Å². The number of nitrogens with zero attached hydrogens (tertiary/aromatic N) is 3. The quantitative estimate of drug-likeness (QED) is 0.166. The van der Waals surface area contributed by atoms with Crippen LogP contribution in [-0.4, -0.2) is 33.2 Å². The summed E-state index contributed by atoms with van der Waals surface area (Å²) in [5.41, 5.74) is 0.288. The number of thiazole rings is 1. The standard InChI is InChI=1S/C10H6IN3O3S.C10H7IN2O3/c11-8-2-1-6(14(16)17)5-7(8)9(15)13-10-12-3-4-18-10;1-2-5-12-10(14)8-6-7(13(15)16)3-4-9(8)11/h1-5H,(H,12,13,15);1,3-4,6H,5H2,(H,12,14). The third-order valence-corrected chi connectivity index (χ3v) is 6.38. The van der Waals surface area contributed by atoms with Crippen LogP contribution in [0.25, 0.3) is 0 Å². The molecule has 0 unspecified atom stereocenters. The van der Waals surface area contributed by atoms with E-state index in [9.17, 15) is 29.8 Å². The molecule has 0 atom stereocenters. The van der Waals surface area contributed by atoms with E-state index in [-0.39, 0.29) is 29.0 Å². The Labute approximate surface area is 223 Å². The number of hydrogen-bond donors (Lipinski definition) is 2. The van der Waals surface area contributed by atoms with Crippen LogP contribution in [-0.2, 0) is 0 Å². The molecule has 0 spiro atoms. The molecular formula is C20H13I2N5O6S. The van der Waals surface area contributed by atoms with Gasteiger partial charge in [0.05, 0.1) is 27.5 Å². The highest BCUT2D eigenvalue weighted by Crippen LogP contribution is 2.21. The van der Waals surface area contributed by atoms with Crippen molar-refractivity contribution >= 4 is 84.8 Å². The minimum absolute atomic E-state index is 0.0948. The van der Waals surface area contributed by atoms with E-state index in [2.05, 4.69) is 21.5 Å². The Hall–Kier alpha value is -3.17. The monoisotopic (exact) mass is 705 g/mol. The van der Waals surface area contributed by atoms with Gasteiger partial charge in [-0.15, -0.1) is 17.8 Å². The summed E-state index contributed by atoms with van der Waals surface area (Å²) in [4.78, 5) is 47.5. The predicted octanol–water partition coefficient (Wildman–Crippen LogP) is 4.47. The van der Waals surface area contributed by atoms with Crippen LogP contribution in [0.3, 0.4) is 0 Å². The number of carbonyl (C=O) groups excluding carboxylic acids is 2. The molecule has 1 aromatic heterocycles. The summed E-state index contributed by atoms with van der Waals surface area (Å²) in [6.07, 6.45) is 6.56. The minimum Gasteiger partial charge on any atom is -0.341 e. The molecule has 0 radical (unpaired) electrons. The third kappa shape index (κ3) is 7.71. The van der Waals surface area contributed by atoms with Crippen molar-refractivity contribution in [1.29, 1.82) is 0 Å². The first-order valence-electron chi connectivity index (χ1n) is 8.94. The second-order valence-corrected chi connectivity index (χ2v) is 9.24. The Kier molecular flexibility index (Phi) is 10.3. The molecule has 2 amide bonds. The number of rotatable bonds is 6. The molecule has 0 bridgehead atoms. The number of benzene rings is 2. The number of aromatic nitrogens is 1. The highest BCUT2D eigenvalue weighted by molar-refractivity contribution is 14.1. The van der Waals surface area contributed by atoms with Crippen LogP contribution in [0.4, 0.5) is 16.5 Å². The first-order valence-corrected chi connectivity index (χ1v) is 12.0. The maximum atomic E-state index is 11.9. The van der Waals surface area contributed by atoms with Crippen LogP contribution in [0.5, 0.6) is 0 Å². The second kappa shape index (κ2) is 12.9. The molecule has 174 valence electrons. The smallest absolute Gasteiger partial charge is 0.270 e. The van der Waals surface area contributed by atoms with Crippen molar-refractivity contribution in [3.8, 4) is 12.3 Å². The van der Waals surface area contributed by atoms with Gasteiger partial charge in [0.1, 0.15) is 0 Å². The van der Waals surface area contributed by atoms with Gasteiger partial charge in [0.25, 0.3) is 23.2 Å². The summed E-state index contributed by atoms with van der Waals surface area (Å²) in [6.45, 7) is 0.0948. The minimum atomic E-state index is -0.548. The SMILES string of the molecule is C#CCNC(=O)c1cc([N+](=O)[O-])ccc1I.O=C(Nc1nccs1)c1cc([N+](=O)[O-])ccc1I. The molecule has 0 aliphatic rings. The molecule has 34 heavy (non-hydrogen) atoms. The first-order chi connectivity index (χ1) is 16.1. The lowest BCUT2D eigenvalue weighted by Crippen LogP contribution is -2.24. The highest BCUT2D eigenvalue weighted by atomic mass is 127. The Balaban J connectivity index is 0.000000242. The van der Waals surface area contributed by atoms with Gasteiger partial charge in [-0.1, -0.05) is 5.92 Å². The molecule has 0 saturated heterocycles. The van der Waals surface area contributed by atoms with Gasteiger partial charge in [0, 0.05) is 43.0 Å². The Morgan fingerprint density at radius 1 is 1.00 bits per heavy atom. The average Bonchev–Trinajstić information content (AvgIpc) is 3.31. The van der Waals surface area contributed by atoms with E-state index in [0.717, 1.165) is 0 Å². The summed E-state index contributed by atoms with van der Waals surface area (Å²) in [5, 5.41) is 28.4. The summed E-state index contributed by atoms with van der Waals surface area (Å²) in [6, 6.07) is 8.25. The van der Waals surface area contributed by atoms with Crippen molar-refractivity contribution in [2.24, 2.45) is 0 Å². The fourth-order valence-electron chi connectivity index (χ4n) is 2.28. The second-order valence-electron chi connectivity index (χ2n) is 6.02. The summed E-state index contributed by atoms with van der Waals surface area (Å²) < 4.78 is 1.28. The number of halogens is 2. The molecule has 3 rings (SSSR count). The van der Waals surface area contributed by atoms with Gasteiger partial charge < -0.3 is 5.32 Å². The number of hydrogen-bond acceptors (Lipinski definition) is 8. The fourth-order valence-corrected chi connectivity index (χ4v) is 3.96. The van der Waals surface area contributed by atoms with Gasteiger partial charge in [0.15, 0.2) is 5.13 Å². The Morgan fingerprint density at radius 2 is 1.53 bits per heavy atom. The zero-order chi connectivity index (χ0) is 25.3. The lowest BCUT2D eigenvalue weighted by molar-refractivity contribution is -0.385. The van der Waals surface area contributed by atoms with E-state index in [1.54, 1.807) is 11.6 Å². The van der Waals surface area contributed by atoms with Crippen LogP contribution < -0.4 is 10.6 Å². The van der Waals surface area contributed by atoms with Gasteiger partial charge in [-0.3, -0.25) is 35.1 Å².